The molecule has 0 aliphatic rings. The summed E-state index contributed by atoms with van der Waals surface area (Å²) in [4.78, 5) is 20.7. The number of methoxy groups -OCH3 is 2. The quantitative estimate of drug-likeness (QED) is 0.653. The van der Waals surface area contributed by atoms with Gasteiger partial charge in [-0.3, -0.25) is 4.79 Å². The zero-order chi connectivity index (χ0) is 19.9. The number of anilines is 2. The summed E-state index contributed by atoms with van der Waals surface area (Å²) < 4.78 is 10.5. The predicted octanol–water partition coefficient (Wildman–Crippen LogP) is 3.67. The van der Waals surface area contributed by atoms with Crippen molar-refractivity contribution >= 4 is 17.4 Å². The Labute approximate surface area is 163 Å². The topological polar surface area (TPSA) is 85.4 Å². The van der Waals surface area contributed by atoms with Crippen molar-refractivity contribution in [1.82, 2.24) is 9.97 Å². The van der Waals surface area contributed by atoms with Gasteiger partial charge in [0.25, 0.3) is 5.91 Å². The lowest BCUT2D eigenvalue weighted by molar-refractivity contribution is 0.102. The van der Waals surface area contributed by atoms with E-state index < -0.39 is 0 Å². The van der Waals surface area contributed by atoms with E-state index in [1.807, 2.05) is 49.4 Å². The van der Waals surface area contributed by atoms with E-state index in [4.69, 9.17) is 9.47 Å². The summed E-state index contributed by atoms with van der Waals surface area (Å²) in [6.45, 7) is 2.52. The highest BCUT2D eigenvalue weighted by molar-refractivity contribution is 6.02. The van der Waals surface area contributed by atoms with Gasteiger partial charge in [0.2, 0.25) is 0 Å². The number of hydrogen-bond acceptors (Lipinski definition) is 6. The average Bonchev–Trinajstić information content (AvgIpc) is 2.74. The molecule has 144 valence electrons. The Morgan fingerprint density at radius 2 is 1.71 bits per heavy atom. The molecular weight excluding hydrogens is 356 g/mol. The Bertz CT molecular complexity index is 941. The molecule has 0 aliphatic carbocycles. The molecule has 0 fully saturated rings. The number of rotatable bonds is 7. The standard InChI is InChI=1S/C21H22N4O3/c1-14-4-7-16(8-5-14)25-21(26)17-12-24-20(13-22-17)23-11-15-6-9-18(27-2)19(10-15)28-3/h4-10,12-13H,11H2,1-3H3,(H,23,24)(H,25,26). The number of amides is 1. The van der Waals surface area contributed by atoms with Gasteiger partial charge in [-0.15, -0.1) is 0 Å². The largest absolute Gasteiger partial charge is 0.493 e. The number of carbonyl (C=O) groups is 1. The van der Waals surface area contributed by atoms with Crippen LogP contribution in [0.2, 0.25) is 0 Å². The molecule has 2 N–H and O–H groups in total. The molecule has 28 heavy (non-hydrogen) atoms. The van der Waals surface area contributed by atoms with Crippen LogP contribution in [-0.4, -0.2) is 30.1 Å². The van der Waals surface area contributed by atoms with Crippen molar-refractivity contribution < 1.29 is 14.3 Å². The maximum Gasteiger partial charge on any atom is 0.275 e. The van der Waals surface area contributed by atoms with Gasteiger partial charge in [0.15, 0.2) is 11.5 Å². The second-order valence-electron chi connectivity index (χ2n) is 6.15. The Kier molecular flexibility index (Phi) is 6.06. The average molecular weight is 378 g/mol. The second-order valence-corrected chi connectivity index (χ2v) is 6.15. The van der Waals surface area contributed by atoms with E-state index in [-0.39, 0.29) is 11.6 Å². The molecule has 3 aromatic rings. The van der Waals surface area contributed by atoms with Crippen LogP contribution in [0.1, 0.15) is 21.6 Å². The van der Waals surface area contributed by atoms with E-state index in [0.29, 0.717) is 29.5 Å². The van der Waals surface area contributed by atoms with Gasteiger partial charge < -0.3 is 20.1 Å². The fourth-order valence-corrected chi connectivity index (χ4v) is 2.55. The zero-order valence-electron chi connectivity index (χ0n) is 16.0. The van der Waals surface area contributed by atoms with E-state index in [2.05, 4.69) is 20.6 Å². The van der Waals surface area contributed by atoms with Gasteiger partial charge in [-0.05, 0) is 36.8 Å². The highest BCUT2D eigenvalue weighted by atomic mass is 16.5. The van der Waals surface area contributed by atoms with Crippen LogP contribution < -0.4 is 20.1 Å². The number of aromatic nitrogens is 2. The van der Waals surface area contributed by atoms with Gasteiger partial charge in [0.1, 0.15) is 11.5 Å². The number of hydrogen-bond donors (Lipinski definition) is 2. The van der Waals surface area contributed by atoms with Crippen molar-refractivity contribution in [1.29, 1.82) is 0 Å². The number of carbonyl (C=O) groups excluding carboxylic acids is 1. The summed E-state index contributed by atoms with van der Waals surface area (Å²) in [5.41, 5.74) is 3.09. The molecule has 0 unspecified atom stereocenters. The summed E-state index contributed by atoms with van der Waals surface area (Å²) in [5.74, 6) is 1.61. The number of aryl methyl sites for hydroxylation is 1. The zero-order valence-corrected chi connectivity index (χ0v) is 16.0. The van der Waals surface area contributed by atoms with Crippen LogP contribution in [0.5, 0.6) is 11.5 Å². The number of ether oxygens (including phenoxy) is 2. The molecule has 0 saturated carbocycles. The van der Waals surface area contributed by atoms with Crippen molar-refractivity contribution in [2.75, 3.05) is 24.9 Å². The SMILES string of the molecule is COc1ccc(CNc2cnc(C(=O)Nc3ccc(C)cc3)cn2)cc1OC. The molecular formula is C21H22N4O3. The lowest BCUT2D eigenvalue weighted by Crippen LogP contribution is -2.14. The predicted molar refractivity (Wildman–Crippen MR) is 108 cm³/mol. The van der Waals surface area contributed by atoms with Crippen LogP contribution in [0.15, 0.2) is 54.9 Å². The molecule has 1 aromatic heterocycles. The second kappa shape index (κ2) is 8.85. The van der Waals surface area contributed by atoms with Gasteiger partial charge in [0.05, 0.1) is 26.6 Å². The van der Waals surface area contributed by atoms with Crippen molar-refractivity contribution in [2.24, 2.45) is 0 Å². The van der Waals surface area contributed by atoms with Crippen LogP contribution in [0.4, 0.5) is 11.5 Å². The third kappa shape index (κ3) is 4.76. The molecule has 0 atom stereocenters. The van der Waals surface area contributed by atoms with Gasteiger partial charge >= 0.3 is 0 Å². The van der Waals surface area contributed by atoms with Crippen molar-refractivity contribution in [3.63, 3.8) is 0 Å². The smallest absolute Gasteiger partial charge is 0.275 e. The summed E-state index contributed by atoms with van der Waals surface area (Å²) in [5, 5.41) is 5.97. The lowest BCUT2D eigenvalue weighted by atomic mass is 10.2. The number of nitrogens with one attached hydrogen (secondary N) is 2. The summed E-state index contributed by atoms with van der Waals surface area (Å²) in [6.07, 6.45) is 2.98. The number of nitrogens with zero attached hydrogens (tertiary/aromatic N) is 2. The highest BCUT2D eigenvalue weighted by Crippen LogP contribution is 2.27. The Balaban J connectivity index is 1.59. The monoisotopic (exact) mass is 378 g/mol. The molecule has 7 nitrogen and oxygen atoms in total. The number of benzene rings is 2. The molecule has 3 rings (SSSR count). The Morgan fingerprint density at radius 1 is 0.964 bits per heavy atom. The summed E-state index contributed by atoms with van der Waals surface area (Å²) >= 11 is 0. The van der Waals surface area contributed by atoms with Gasteiger partial charge in [-0.1, -0.05) is 23.8 Å². The van der Waals surface area contributed by atoms with Crippen molar-refractivity contribution in [2.45, 2.75) is 13.5 Å². The minimum Gasteiger partial charge on any atom is -0.493 e. The van der Waals surface area contributed by atoms with Crippen LogP contribution in [0.3, 0.4) is 0 Å². The van der Waals surface area contributed by atoms with E-state index >= 15 is 0 Å². The van der Waals surface area contributed by atoms with E-state index in [0.717, 1.165) is 11.1 Å². The molecule has 1 heterocycles. The van der Waals surface area contributed by atoms with E-state index in [1.165, 1.54) is 12.4 Å². The molecule has 0 radical (unpaired) electrons. The molecule has 1 amide bonds. The Morgan fingerprint density at radius 3 is 2.36 bits per heavy atom. The van der Waals surface area contributed by atoms with Gasteiger partial charge in [0, 0.05) is 12.2 Å². The first kappa shape index (κ1) is 19.2. The first-order chi connectivity index (χ1) is 13.6. The molecule has 0 spiro atoms. The molecule has 7 heteroatoms. The highest BCUT2D eigenvalue weighted by Gasteiger charge is 2.09. The van der Waals surface area contributed by atoms with E-state index in [1.54, 1.807) is 14.2 Å². The maximum absolute atomic E-state index is 12.3. The minimum absolute atomic E-state index is 0.247. The van der Waals surface area contributed by atoms with Gasteiger partial charge in [-0.2, -0.15) is 0 Å². The third-order valence-electron chi connectivity index (χ3n) is 4.12. The van der Waals surface area contributed by atoms with Crippen LogP contribution in [-0.2, 0) is 6.54 Å². The van der Waals surface area contributed by atoms with Crippen molar-refractivity contribution in [3.05, 3.63) is 71.7 Å². The first-order valence-corrected chi connectivity index (χ1v) is 8.74. The van der Waals surface area contributed by atoms with Gasteiger partial charge in [-0.25, -0.2) is 9.97 Å². The van der Waals surface area contributed by atoms with E-state index in [9.17, 15) is 4.79 Å². The fourth-order valence-electron chi connectivity index (χ4n) is 2.55. The molecule has 0 bridgehead atoms. The molecule has 0 aliphatic heterocycles. The third-order valence-corrected chi connectivity index (χ3v) is 4.12. The lowest BCUT2D eigenvalue weighted by Gasteiger charge is -2.10. The van der Waals surface area contributed by atoms with Crippen LogP contribution in [0.25, 0.3) is 0 Å². The summed E-state index contributed by atoms with van der Waals surface area (Å²) in [7, 11) is 3.20. The van der Waals surface area contributed by atoms with Crippen LogP contribution in [0, 0.1) is 6.92 Å². The van der Waals surface area contributed by atoms with Crippen LogP contribution >= 0.6 is 0 Å². The van der Waals surface area contributed by atoms with Crippen molar-refractivity contribution in [3.8, 4) is 11.5 Å². The molecule has 0 saturated heterocycles. The first-order valence-electron chi connectivity index (χ1n) is 8.74. The maximum atomic E-state index is 12.3. The summed E-state index contributed by atoms with van der Waals surface area (Å²) in [6, 6.07) is 13.2. The Hall–Kier alpha value is -3.61. The minimum atomic E-state index is -0.303. The molecule has 2 aromatic carbocycles. The normalized spacial score (nSPS) is 10.2. The fraction of sp³-hybridized carbons (Fsp3) is 0.190.